The van der Waals surface area contributed by atoms with Crippen molar-refractivity contribution in [3.05, 3.63) is 105 Å². The summed E-state index contributed by atoms with van der Waals surface area (Å²) in [6.45, 7) is 3.58. The number of anilines is 2. The van der Waals surface area contributed by atoms with Crippen LogP contribution < -0.4 is 16.2 Å². The third-order valence-electron chi connectivity index (χ3n) is 6.87. The number of phenolic OH excluding ortho intramolecular Hbond substituents is 1. The number of pyridine rings is 2. The van der Waals surface area contributed by atoms with Crippen molar-refractivity contribution in [2.45, 2.75) is 19.4 Å². The average molecular weight is 592 g/mol. The van der Waals surface area contributed by atoms with Gasteiger partial charge in [-0.25, -0.2) is 4.98 Å². The lowest BCUT2D eigenvalue weighted by molar-refractivity contribution is 0.102. The van der Waals surface area contributed by atoms with Crippen molar-refractivity contribution >= 4 is 46.5 Å². The Morgan fingerprint density at radius 2 is 1.66 bits per heavy atom. The summed E-state index contributed by atoms with van der Waals surface area (Å²) in [6.07, 6.45) is 5.56. The van der Waals surface area contributed by atoms with E-state index >= 15 is 0 Å². The zero-order valence-electron chi connectivity index (χ0n) is 21.9. The molecule has 2 aromatic carbocycles. The topological polar surface area (TPSA) is 117 Å². The molecule has 0 radical (unpaired) electrons. The molecule has 1 fully saturated rings. The van der Waals surface area contributed by atoms with Crippen LogP contribution in [0, 0.1) is 0 Å². The van der Waals surface area contributed by atoms with Gasteiger partial charge < -0.3 is 25.2 Å². The Hall–Kier alpha value is -4.18. The first-order valence-electron chi connectivity index (χ1n) is 13.1. The van der Waals surface area contributed by atoms with Gasteiger partial charge in [-0.2, -0.15) is 0 Å². The molecule has 9 nitrogen and oxygen atoms in total. The molecule has 2 amide bonds. The van der Waals surface area contributed by atoms with Gasteiger partial charge in [0.05, 0.1) is 16.3 Å². The molecule has 0 unspecified atom stereocenters. The zero-order valence-corrected chi connectivity index (χ0v) is 23.5. The van der Waals surface area contributed by atoms with Crippen molar-refractivity contribution < 1.29 is 14.7 Å². The van der Waals surface area contributed by atoms with Crippen LogP contribution in [0.25, 0.3) is 11.1 Å². The Bertz CT molecular complexity index is 1630. The van der Waals surface area contributed by atoms with Gasteiger partial charge in [-0.1, -0.05) is 35.3 Å². The second-order valence-corrected chi connectivity index (χ2v) is 10.5. The van der Waals surface area contributed by atoms with E-state index in [0.29, 0.717) is 22.7 Å². The minimum absolute atomic E-state index is 0.0597. The van der Waals surface area contributed by atoms with E-state index in [9.17, 15) is 19.5 Å². The first-order chi connectivity index (χ1) is 19.8. The van der Waals surface area contributed by atoms with Crippen molar-refractivity contribution in [2.75, 3.05) is 30.3 Å². The van der Waals surface area contributed by atoms with Gasteiger partial charge >= 0.3 is 0 Å². The number of carbonyl (C=O) groups is 2. The number of halogens is 2. The molecule has 0 aliphatic carbocycles. The number of likely N-dealkylation sites (tertiary alicyclic amines) is 1. The molecule has 0 spiro atoms. The highest BCUT2D eigenvalue weighted by atomic mass is 35.5. The second-order valence-electron chi connectivity index (χ2n) is 9.66. The Labute approximate surface area is 246 Å². The largest absolute Gasteiger partial charge is 0.506 e. The van der Waals surface area contributed by atoms with Crippen molar-refractivity contribution in [1.29, 1.82) is 0 Å². The van der Waals surface area contributed by atoms with Crippen molar-refractivity contribution in [3.8, 4) is 16.9 Å². The van der Waals surface area contributed by atoms with Crippen LogP contribution in [-0.2, 0) is 6.54 Å². The van der Waals surface area contributed by atoms with E-state index in [4.69, 9.17) is 23.2 Å². The molecule has 0 bridgehead atoms. The number of benzene rings is 2. The van der Waals surface area contributed by atoms with Gasteiger partial charge in [0.2, 0.25) is 0 Å². The smallest absolute Gasteiger partial charge is 0.259 e. The number of hydrogen-bond acceptors (Lipinski definition) is 6. The van der Waals surface area contributed by atoms with Gasteiger partial charge in [0, 0.05) is 47.7 Å². The summed E-state index contributed by atoms with van der Waals surface area (Å²) in [5.74, 6) is -1.37. The van der Waals surface area contributed by atoms with Crippen molar-refractivity contribution in [1.82, 2.24) is 14.5 Å². The van der Waals surface area contributed by atoms with E-state index < -0.39 is 11.8 Å². The number of carbonyl (C=O) groups excluding carboxylic acids is 2. The van der Waals surface area contributed by atoms with Crippen LogP contribution in [0.5, 0.6) is 5.75 Å². The highest BCUT2D eigenvalue weighted by Crippen LogP contribution is 2.32. The van der Waals surface area contributed by atoms with Gasteiger partial charge in [-0.3, -0.25) is 14.4 Å². The number of aromatic hydroxyl groups is 1. The fourth-order valence-corrected chi connectivity index (χ4v) is 5.04. The summed E-state index contributed by atoms with van der Waals surface area (Å²) < 4.78 is 1.71. The normalized spacial score (nSPS) is 13.2. The number of hydrogen-bond donors (Lipinski definition) is 3. The van der Waals surface area contributed by atoms with E-state index in [0.717, 1.165) is 19.6 Å². The summed E-state index contributed by atoms with van der Waals surface area (Å²) in [6, 6.07) is 15.8. The molecular formula is C30H27Cl2N5O4. The molecule has 3 heterocycles. The Kier molecular flexibility index (Phi) is 8.68. The summed E-state index contributed by atoms with van der Waals surface area (Å²) in [4.78, 5) is 45.6. The lowest BCUT2D eigenvalue weighted by Gasteiger charge is -2.16. The third kappa shape index (κ3) is 6.77. The molecule has 1 aliphatic heterocycles. The van der Waals surface area contributed by atoms with Gasteiger partial charge in [-0.05, 0) is 74.0 Å². The molecule has 11 heteroatoms. The van der Waals surface area contributed by atoms with Crippen LogP contribution in [-0.4, -0.2) is 51.0 Å². The number of aromatic nitrogens is 2. The number of rotatable bonds is 8. The lowest BCUT2D eigenvalue weighted by Crippen LogP contribution is -2.29. The average Bonchev–Trinajstić information content (AvgIpc) is 3.49. The molecule has 5 rings (SSSR count). The predicted octanol–water partition coefficient (Wildman–Crippen LogP) is 5.52. The first-order valence-corrected chi connectivity index (χ1v) is 13.8. The molecule has 2 aromatic heterocycles. The van der Waals surface area contributed by atoms with Gasteiger partial charge in [0.1, 0.15) is 11.6 Å². The summed E-state index contributed by atoms with van der Waals surface area (Å²) in [7, 11) is 0. The monoisotopic (exact) mass is 591 g/mol. The van der Waals surface area contributed by atoms with E-state index in [2.05, 4.69) is 20.5 Å². The SMILES string of the molecule is O=C(Nc1c(O)cc(Cl)cc1C(=O)Nc1ccc(Cl)cn1)c1ccc(-c2cccn(CCN3CCCC3)c2=O)cc1. The predicted molar refractivity (Wildman–Crippen MR) is 160 cm³/mol. The fraction of sp³-hybridized carbons (Fsp3) is 0.200. The van der Waals surface area contributed by atoms with Gasteiger partial charge in [-0.15, -0.1) is 0 Å². The first kappa shape index (κ1) is 28.4. The Morgan fingerprint density at radius 1 is 0.902 bits per heavy atom. The summed E-state index contributed by atoms with van der Waals surface area (Å²) in [5.41, 5.74) is 1.20. The molecule has 3 N–H and O–H groups in total. The third-order valence-corrected chi connectivity index (χ3v) is 7.31. The molecule has 0 saturated carbocycles. The highest BCUT2D eigenvalue weighted by molar-refractivity contribution is 6.32. The van der Waals surface area contributed by atoms with Crippen LogP contribution in [0.2, 0.25) is 10.0 Å². The molecular weight excluding hydrogens is 565 g/mol. The molecule has 41 heavy (non-hydrogen) atoms. The van der Waals surface area contributed by atoms with Crippen molar-refractivity contribution in [2.24, 2.45) is 0 Å². The minimum Gasteiger partial charge on any atom is -0.506 e. The van der Waals surface area contributed by atoms with E-state index in [-0.39, 0.29) is 39.0 Å². The van der Waals surface area contributed by atoms with Gasteiger partial charge in [0.25, 0.3) is 17.4 Å². The second kappa shape index (κ2) is 12.6. The number of amides is 2. The number of phenols is 1. The molecule has 4 aromatic rings. The van der Waals surface area contributed by atoms with Crippen molar-refractivity contribution in [3.63, 3.8) is 0 Å². The van der Waals surface area contributed by atoms with E-state index in [1.165, 1.54) is 37.2 Å². The molecule has 210 valence electrons. The maximum absolute atomic E-state index is 13.1. The zero-order chi connectivity index (χ0) is 28.9. The molecule has 1 saturated heterocycles. The van der Waals surface area contributed by atoms with Crippen LogP contribution in [0.3, 0.4) is 0 Å². The molecule has 1 aliphatic rings. The Balaban J connectivity index is 1.32. The Morgan fingerprint density at radius 3 is 2.37 bits per heavy atom. The number of nitrogens with one attached hydrogen (secondary N) is 2. The van der Waals surface area contributed by atoms with E-state index in [1.54, 1.807) is 47.2 Å². The van der Waals surface area contributed by atoms with Crippen LogP contribution in [0.15, 0.2) is 77.9 Å². The van der Waals surface area contributed by atoms with Crippen LogP contribution in [0.1, 0.15) is 33.6 Å². The summed E-state index contributed by atoms with van der Waals surface area (Å²) >= 11 is 11.9. The van der Waals surface area contributed by atoms with Crippen LogP contribution >= 0.6 is 23.2 Å². The highest BCUT2D eigenvalue weighted by Gasteiger charge is 2.20. The van der Waals surface area contributed by atoms with Crippen LogP contribution in [0.4, 0.5) is 11.5 Å². The quantitative estimate of drug-likeness (QED) is 0.232. The number of nitrogens with zero attached hydrogens (tertiary/aromatic N) is 3. The lowest BCUT2D eigenvalue weighted by atomic mass is 10.0. The molecule has 0 atom stereocenters. The standard InChI is InChI=1S/C30H27Cl2N5O4/c31-21-9-10-26(33-18-21)34-29(40)24-16-22(32)17-25(38)27(24)35-28(39)20-7-5-19(6-8-20)23-4-3-13-37(30(23)41)15-14-36-11-1-2-12-36/h3-10,13,16-18,38H,1-2,11-12,14-15H2,(H,35,39)(H,33,34,40). The summed E-state index contributed by atoms with van der Waals surface area (Å²) in [5, 5.41) is 16.2. The van der Waals surface area contributed by atoms with E-state index in [1.807, 2.05) is 6.07 Å². The fourth-order valence-electron chi connectivity index (χ4n) is 4.71. The van der Waals surface area contributed by atoms with Gasteiger partial charge in [0.15, 0.2) is 0 Å². The maximum atomic E-state index is 13.1. The minimum atomic E-state index is -0.645. The maximum Gasteiger partial charge on any atom is 0.259 e.